The van der Waals surface area contributed by atoms with Gasteiger partial charge in [-0.1, -0.05) is 0 Å². The van der Waals surface area contributed by atoms with Crippen LogP contribution in [0.5, 0.6) is 0 Å². The van der Waals surface area contributed by atoms with E-state index in [9.17, 15) is 10.1 Å². The summed E-state index contributed by atoms with van der Waals surface area (Å²) < 4.78 is 6.01. The predicted molar refractivity (Wildman–Crippen MR) is 57.4 cm³/mol. The molecule has 4 aliphatic rings. The molecule has 0 N–H and O–H groups in total. The molecule has 3 nitrogen and oxygen atoms in total. The number of hydrogen-bond acceptors (Lipinski definition) is 3. The van der Waals surface area contributed by atoms with E-state index in [2.05, 4.69) is 13.0 Å². The second kappa shape index (κ2) is 2.75. The first kappa shape index (κ1) is 10.0. The summed E-state index contributed by atoms with van der Waals surface area (Å²) in [5, 5.41) is 9.45. The van der Waals surface area contributed by atoms with Gasteiger partial charge in [0.25, 0.3) is 0 Å². The summed E-state index contributed by atoms with van der Waals surface area (Å²) >= 11 is 0. The number of ketones is 1. The minimum atomic E-state index is -0.410. The van der Waals surface area contributed by atoms with E-state index in [1.165, 1.54) is 6.92 Å². The fraction of sp³-hybridized carbons (Fsp3) is 0.692. The largest absolute Gasteiger partial charge is 0.367 e. The Labute approximate surface area is 95.1 Å². The van der Waals surface area contributed by atoms with Crippen molar-refractivity contribution in [3.05, 3.63) is 11.6 Å². The summed E-state index contributed by atoms with van der Waals surface area (Å²) in [6, 6.07) is 2.45. The van der Waals surface area contributed by atoms with Crippen molar-refractivity contribution in [3.63, 3.8) is 0 Å². The lowest BCUT2D eigenvalue weighted by Gasteiger charge is -2.38. The highest BCUT2D eigenvalue weighted by atomic mass is 16.5. The molecular formula is C13H15NO2. The lowest BCUT2D eigenvalue weighted by molar-refractivity contribution is -0.113. The van der Waals surface area contributed by atoms with Crippen molar-refractivity contribution in [2.45, 2.75) is 44.8 Å². The molecular weight excluding hydrogens is 202 g/mol. The second-order valence-electron chi connectivity index (χ2n) is 5.64. The van der Waals surface area contributed by atoms with E-state index in [-0.39, 0.29) is 17.5 Å². The third-order valence-corrected chi connectivity index (χ3v) is 4.49. The second-order valence-corrected chi connectivity index (χ2v) is 5.64. The first-order chi connectivity index (χ1) is 7.49. The van der Waals surface area contributed by atoms with Crippen molar-refractivity contribution in [3.8, 4) is 6.07 Å². The molecule has 2 heterocycles. The molecule has 4 bridgehead atoms. The first-order valence-electron chi connectivity index (χ1n) is 5.81. The van der Waals surface area contributed by atoms with Crippen LogP contribution in [-0.4, -0.2) is 17.5 Å². The maximum absolute atomic E-state index is 11.2. The Morgan fingerprint density at radius 1 is 1.69 bits per heavy atom. The molecule has 2 aliphatic carbocycles. The Bertz CT molecular complexity index is 447. The van der Waals surface area contributed by atoms with Crippen LogP contribution in [0.3, 0.4) is 0 Å². The summed E-state index contributed by atoms with van der Waals surface area (Å²) in [7, 11) is 0. The lowest BCUT2D eigenvalue weighted by Crippen LogP contribution is -2.38. The molecule has 4 atom stereocenters. The standard InChI is InChI=1S/C13H15NO2/c1-8(15)3-10-11-4-9-5-13(10,7-14)6-12(9,2)16-11/h3,9,11H,4-6H2,1-2H3/b10-3+. The van der Waals surface area contributed by atoms with Gasteiger partial charge in [-0.25, -0.2) is 0 Å². The molecule has 0 aromatic rings. The molecule has 4 fully saturated rings. The molecule has 84 valence electrons. The van der Waals surface area contributed by atoms with Crippen LogP contribution in [0.25, 0.3) is 0 Å². The van der Waals surface area contributed by atoms with Gasteiger partial charge in [0.2, 0.25) is 0 Å². The fourth-order valence-electron chi connectivity index (χ4n) is 3.87. The van der Waals surface area contributed by atoms with Crippen LogP contribution < -0.4 is 0 Å². The van der Waals surface area contributed by atoms with Gasteiger partial charge in [0.05, 0.1) is 23.2 Å². The van der Waals surface area contributed by atoms with Crippen LogP contribution in [0.1, 0.15) is 33.1 Å². The lowest BCUT2D eigenvalue weighted by atomic mass is 9.71. The van der Waals surface area contributed by atoms with Crippen molar-refractivity contribution < 1.29 is 9.53 Å². The van der Waals surface area contributed by atoms with Gasteiger partial charge in [-0.05, 0) is 50.7 Å². The molecule has 4 unspecified atom stereocenters. The summed E-state index contributed by atoms with van der Waals surface area (Å²) in [4.78, 5) is 11.2. The van der Waals surface area contributed by atoms with Crippen molar-refractivity contribution >= 4 is 5.78 Å². The Hall–Kier alpha value is -1.14. The van der Waals surface area contributed by atoms with Crippen LogP contribution in [0.2, 0.25) is 0 Å². The average Bonchev–Trinajstić information content (AvgIpc) is 2.57. The highest BCUT2D eigenvalue weighted by Gasteiger charge is 2.66. The number of nitrogens with zero attached hydrogens (tertiary/aromatic N) is 1. The van der Waals surface area contributed by atoms with Crippen molar-refractivity contribution in [2.75, 3.05) is 0 Å². The minimum Gasteiger partial charge on any atom is -0.367 e. The zero-order valence-electron chi connectivity index (χ0n) is 9.62. The van der Waals surface area contributed by atoms with E-state index in [0.29, 0.717) is 5.92 Å². The third kappa shape index (κ3) is 1.03. The molecule has 4 rings (SSSR count). The molecule has 2 saturated carbocycles. The number of allylic oxidation sites excluding steroid dienone is 1. The number of carbonyl (C=O) groups excluding carboxylic acids is 1. The van der Waals surface area contributed by atoms with Crippen LogP contribution in [0.15, 0.2) is 11.6 Å². The molecule has 16 heavy (non-hydrogen) atoms. The van der Waals surface area contributed by atoms with E-state index in [4.69, 9.17) is 4.74 Å². The van der Waals surface area contributed by atoms with E-state index in [1.54, 1.807) is 6.08 Å². The molecule has 2 saturated heterocycles. The van der Waals surface area contributed by atoms with Gasteiger partial charge in [-0.15, -0.1) is 0 Å². The topological polar surface area (TPSA) is 50.1 Å². The van der Waals surface area contributed by atoms with Crippen LogP contribution in [0, 0.1) is 22.7 Å². The van der Waals surface area contributed by atoms with Crippen molar-refractivity contribution in [1.29, 1.82) is 5.26 Å². The highest BCUT2D eigenvalue weighted by Crippen LogP contribution is 2.65. The Morgan fingerprint density at radius 2 is 2.44 bits per heavy atom. The van der Waals surface area contributed by atoms with Crippen LogP contribution in [-0.2, 0) is 9.53 Å². The average molecular weight is 217 g/mol. The third-order valence-electron chi connectivity index (χ3n) is 4.49. The zero-order valence-corrected chi connectivity index (χ0v) is 9.62. The maximum Gasteiger partial charge on any atom is 0.152 e. The Balaban J connectivity index is 2.10. The predicted octanol–water partition coefficient (Wildman–Crippen LogP) is 1.98. The minimum absolute atomic E-state index is 0.0149. The van der Waals surface area contributed by atoms with Crippen LogP contribution in [0.4, 0.5) is 0 Å². The monoisotopic (exact) mass is 217 g/mol. The van der Waals surface area contributed by atoms with E-state index in [1.807, 2.05) is 0 Å². The van der Waals surface area contributed by atoms with E-state index < -0.39 is 5.41 Å². The smallest absolute Gasteiger partial charge is 0.152 e. The van der Waals surface area contributed by atoms with Gasteiger partial charge in [-0.3, -0.25) is 4.79 Å². The van der Waals surface area contributed by atoms with Crippen molar-refractivity contribution in [2.24, 2.45) is 11.3 Å². The fourth-order valence-corrected chi connectivity index (χ4v) is 3.87. The summed E-state index contributed by atoms with van der Waals surface area (Å²) in [6.45, 7) is 3.65. The number of ether oxygens (including phenoxy) is 1. The Kier molecular flexibility index (Phi) is 1.73. The molecule has 0 radical (unpaired) electrons. The van der Waals surface area contributed by atoms with Gasteiger partial charge in [0.1, 0.15) is 0 Å². The molecule has 0 aromatic carbocycles. The summed E-state index contributed by atoms with van der Waals surface area (Å²) in [5.74, 6) is 0.522. The first-order valence-corrected chi connectivity index (χ1v) is 5.81. The highest BCUT2D eigenvalue weighted by molar-refractivity contribution is 5.88. The van der Waals surface area contributed by atoms with Gasteiger partial charge in [0.15, 0.2) is 5.78 Å². The van der Waals surface area contributed by atoms with Gasteiger partial charge < -0.3 is 4.74 Å². The molecule has 3 heteroatoms. The van der Waals surface area contributed by atoms with E-state index in [0.717, 1.165) is 24.8 Å². The normalized spacial score (nSPS) is 50.9. The Morgan fingerprint density at radius 3 is 3.00 bits per heavy atom. The summed E-state index contributed by atoms with van der Waals surface area (Å²) in [6.07, 6.45) is 4.27. The zero-order chi connectivity index (χ0) is 11.6. The maximum atomic E-state index is 11.2. The van der Waals surface area contributed by atoms with Gasteiger partial charge in [0, 0.05) is 0 Å². The SMILES string of the molecule is CC(=O)/C=C1\C2CC3CC1(C#N)CC3(C)O2. The van der Waals surface area contributed by atoms with Gasteiger partial charge in [-0.2, -0.15) is 5.26 Å². The van der Waals surface area contributed by atoms with Crippen LogP contribution >= 0.6 is 0 Å². The number of nitriles is 1. The molecule has 0 amide bonds. The number of hydrogen-bond donors (Lipinski definition) is 0. The molecule has 2 aliphatic heterocycles. The molecule has 0 aromatic heterocycles. The quantitative estimate of drug-likeness (QED) is 0.631. The number of rotatable bonds is 1. The number of carbonyl (C=O) groups is 1. The summed E-state index contributed by atoms with van der Waals surface area (Å²) in [5.41, 5.74) is 0.412. The van der Waals surface area contributed by atoms with E-state index >= 15 is 0 Å². The van der Waals surface area contributed by atoms with Crippen molar-refractivity contribution in [1.82, 2.24) is 0 Å². The molecule has 0 spiro atoms. The van der Waals surface area contributed by atoms with Gasteiger partial charge >= 0.3 is 0 Å².